The fourth-order valence-corrected chi connectivity index (χ4v) is 6.08. The Morgan fingerprint density at radius 1 is 0.969 bits per heavy atom. The molecule has 1 heterocycles. The minimum absolute atomic E-state index is 0.0869. The van der Waals surface area contributed by atoms with E-state index >= 15 is 0 Å². The number of likely N-dealkylation sites (N-methyl/N-ethyl adjacent to an activating group) is 1. The molecule has 8 heteroatoms. The Kier molecular flexibility index (Phi) is 13.0. The average Bonchev–Trinajstić information content (AvgIpc) is 3.21. The summed E-state index contributed by atoms with van der Waals surface area (Å²) >= 11 is 4.30. The number of rotatable bonds is 16. The van der Waals surface area contributed by atoms with Crippen LogP contribution in [0.5, 0.6) is 11.5 Å². The number of benzene rings is 1. The highest BCUT2D eigenvalue weighted by Crippen LogP contribution is 2.42. The van der Waals surface area contributed by atoms with Crippen LogP contribution in [0.2, 0.25) is 0 Å². The number of amides is 1. The molecule has 0 fully saturated rings. The molecule has 0 aliphatic heterocycles. The molecule has 0 saturated heterocycles. The summed E-state index contributed by atoms with van der Waals surface area (Å²) < 4.78 is 0.726. The molecule has 2 rings (SSSR count). The lowest BCUT2D eigenvalue weighted by Crippen LogP contribution is -2.19. The van der Waals surface area contributed by atoms with E-state index in [1.165, 1.54) is 80.9 Å². The van der Waals surface area contributed by atoms with E-state index in [0.29, 0.717) is 15.5 Å². The van der Waals surface area contributed by atoms with E-state index in [2.05, 4.69) is 17.2 Å². The number of phenols is 2. The molecule has 178 valence electrons. The van der Waals surface area contributed by atoms with Crippen molar-refractivity contribution in [2.75, 3.05) is 12.8 Å². The van der Waals surface area contributed by atoms with Gasteiger partial charge < -0.3 is 15.5 Å². The van der Waals surface area contributed by atoms with Crippen LogP contribution in [0.25, 0.3) is 0 Å². The molecule has 0 unspecified atom stereocenters. The summed E-state index contributed by atoms with van der Waals surface area (Å²) in [6.07, 6.45) is 13.3. The summed E-state index contributed by atoms with van der Waals surface area (Å²) in [6, 6.07) is 3.23. The molecule has 1 aromatic heterocycles. The fourth-order valence-electron chi connectivity index (χ4n) is 3.27. The second-order valence-corrected chi connectivity index (χ2v) is 11.2. The molecule has 0 aliphatic rings. The maximum Gasteiger partial charge on any atom is 0.225 e. The molecule has 0 spiro atoms. The smallest absolute Gasteiger partial charge is 0.225 e. The van der Waals surface area contributed by atoms with Crippen LogP contribution >= 0.6 is 34.9 Å². The monoisotopic (exact) mass is 496 g/mol. The molecule has 3 N–H and O–H groups in total. The Morgan fingerprint density at radius 2 is 1.56 bits per heavy atom. The van der Waals surface area contributed by atoms with Gasteiger partial charge in [0.15, 0.2) is 4.34 Å². The topological polar surface area (TPSA) is 82.5 Å². The van der Waals surface area contributed by atoms with Gasteiger partial charge in [-0.3, -0.25) is 4.79 Å². The Balaban J connectivity index is 1.70. The Morgan fingerprint density at radius 3 is 2.22 bits per heavy atom. The number of aromatic nitrogens is 1. The SMILES string of the molecule is CCCCCCCCCCCCSc1cc(O)c(Sc2nc(CC(=O)NC)cs2)cc1O. The number of nitrogens with one attached hydrogen (secondary N) is 1. The second kappa shape index (κ2) is 15.5. The second-order valence-electron chi connectivity index (χ2n) is 7.87. The van der Waals surface area contributed by atoms with Crippen molar-refractivity contribution in [2.24, 2.45) is 0 Å². The third-order valence-corrected chi connectivity index (χ3v) is 8.31. The van der Waals surface area contributed by atoms with Gasteiger partial charge in [0.1, 0.15) is 11.5 Å². The van der Waals surface area contributed by atoms with Crippen LogP contribution in [0, 0.1) is 0 Å². The van der Waals surface area contributed by atoms with Gasteiger partial charge in [-0.2, -0.15) is 0 Å². The highest BCUT2D eigenvalue weighted by atomic mass is 32.2. The molecule has 0 bridgehead atoms. The van der Waals surface area contributed by atoms with Crippen LogP contribution in [0.15, 0.2) is 31.6 Å². The lowest BCUT2D eigenvalue weighted by Gasteiger charge is -2.09. The number of aromatic hydroxyl groups is 2. The van der Waals surface area contributed by atoms with E-state index in [1.807, 2.05) is 5.38 Å². The molecule has 0 saturated carbocycles. The Hall–Kier alpha value is -1.38. The first-order chi connectivity index (χ1) is 15.5. The van der Waals surface area contributed by atoms with Gasteiger partial charge in [0.05, 0.1) is 21.9 Å². The van der Waals surface area contributed by atoms with E-state index in [1.54, 1.807) is 30.9 Å². The van der Waals surface area contributed by atoms with E-state index in [0.717, 1.165) is 16.5 Å². The summed E-state index contributed by atoms with van der Waals surface area (Å²) in [5.41, 5.74) is 0.698. The number of thioether (sulfide) groups is 1. The van der Waals surface area contributed by atoms with Gasteiger partial charge in [-0.05, 0) is 24.3 Å². The summed E-state index contributed by atoms with van der Waals surface area (Å²) in [5.74, 6) is 1.17. The highest BCUT2D eigenvalue weighted by molar-refractivity contribution is 8.01. The zero-order valence-electron chi connectivity index (χ0n) is 19.2. The Bertz CT molecular complexity index is 827. The number of hydrogen-bond acceptors (Lipinski definition) is 7. The summed E-state index contributed by atoms with van der Waals surface area (Å²) in [7, 11) is 1.60. The zero-order chi connectivity index (χ0) is 23.2. The van der Waals surface area contributed by atoms with Crippen LogP contribution in [-0.2, 0) is 11.2 Å². The minimum Gasteiger partial charge on any atom is -0.507 e. The molecule has 0 radical (unpaired) electrons. The van der Waals surface area contributed by atoms with E-state index in [4.69, 9.17) is 0 Å². The number of hydrogen-bond donors (Lipinski definition) is 3. The van der Waals surface area contributed by atoms with E-state index in [-0.39, 0.29) is 23.8 Å². The van der Waals surface area contributed by atoms with Gasteiger partial charge in [0.2, 0.25) is 5.91 Å². The molecule has 32 heavy (non-hydrogen) atoms. The number of thiazole rings is 1. The molecule has 0 atom stereocenters. The molecule has 1 aromatic carbocycles. The van der Waals surface area contributed by atoms with Crippen molar-refractivity contribution >= 4 is 40.8 Å². The van der Waals surface area contributed by atoms with Crippen molar-refractivity contribution in [3.63, 3.8) is 0 Å². The lowest BCUT2D eigenvalue weighted by atomic mass is 10.1. The van der Waals surface area contributed by atoms with Crippen LogP contribution < -0.4 is 5.32 Å². The maximum absolute atomic E-state index is 11.5. The van der Waals surface area contributed by atoms with Gasteiger partial charge >= 0.3 is 0 Å². The first kappa shape index (κ1) is 26.9. The third-order valence-electron chi connectivity index (χ3n) is 5.14. The zero-order valence-corrected chi connectivity index (χ0v) is 21.6. The normalized spacial score (nSPS) is 11.1. The maximum atomic E-state index is 11.5. The van der Waals surface area contributed by atoms with Crippen molar-refractivity contribution in [3.05, 3.63) is 23.2 Å². The Labute approximate surface area is 204 Å². The molecule has 5 nitrogen and oxygen atoms in total. The number of phenolic OH excluding ortho intramolecular Hbond substituents is 2. The van der Waals surface area contributed by atoms with E-state index < -0.39 is 0 Å². The van der Waals surface area contributed by atoms with Crippen LogP contribution in [0.4, 0.5) is 0 Å². The quantitative estimate of drug-likeness (QED) is 0.132. The molecular weight excluding hydrogens is 460 g/mol. The van der Waals surface area contributed by atoms with Crippen LogP contribution in [0.1, 0.15) is 76.8 Å². The number of carbonyl (C=O) groups excluding carboxylic acids is 1. The van der Waals surface area contributed by atoms with Crippen molar-refractivity contribution in [3.8, 4) is 11.5 Å². The van der Waals surface area contributed by atoms with Gasteiger partial charge in [-0.25, -0.2) is 4.98 Å². The van der Waals surface area contributed by atoms with Crippen molar-refractivity contribution in [1.82, 2.24) is 10.3 Å². The third kappa shape index (κ3) is 10.0. The standard InChI is InChI=1S/C24H36N2O3S3/c1-3-4-5-6-7-8-9-10-11-12-13-30-21-15-20(28)22(16-19(21)27)32-24-26-18(17-31-24)14-23(29)25-2/h15-17,27-28H,3-14H2,1-2H3,(H,25,29). The molecule has 0 aliphatic carbocycles. The molecular formula is C24H36N2O3S3. The molecule has 2 aromatic rings. The minimum atomic E-state index is -0.0869. The predicted molar refractivity (Wildman–Crippen MR) is 136 cm³/mol. The number of nitrogens with zero attached hydrogens (tertiary/aromatic N) is 1. The number of unbranched alkanes of at least 4 members (excludes halogenated alkanes) is 9. The van der Waals surface area contributed by atoms with Crippen molar-refractivity contribution in [2.45, 2.75) is 91.7 Å². The average molecular weight is 497 g/mol. The van der Waals surface area contributed by atoms with Gasteiger partial charge in [0, 0.05) is 12.4 Å². The lowest BCUT2D eigenvalue weighted by molar-refractivity contribution is -0.120. The fraction of sp³-hybridized carbons (Fsp3) is 0.583. The molecule has 1 amide bonds. The first-order valence-corrected chi connectivity index (χ1v) is 14.2. The van der Waals surface area contributed by atoms with Gasteiger partial charge in [-0.1, -0.05) is 76.5 Å². The highest BCUT2D eigenvalue weighted by Gasteiger charge is 2.13. The largest absolute Gasteiger partial charge is 0.507 e. The number of carbonyl (C=O) groups is 1. The predicted octanol–water partition coefficient (Wildman–Crippen LogP) is 7.01. The first-order valence-electron chi connectivity index (χ1n) is 11.5. The van der Waals surface area contributed by atoms with Gasteiger partial charge in [-0.15, -0.1) is 23.1 Å². The summed E-state index contributed by atoms with van der Waals surface area (Å²) in [5, 5.41) is 25.2. The summed E-state index contributed by atoms with van der Waals surface area (Å²) in [4.78, 5) is 17.2. The summed E-state index contributed by atoms with van der Waals surface area (Å²) in [6.45, 7) is 2.25. The van der Waals surface area contributed by atoms with E-state index in [9.17, 15) is 15.0 Å². The van der Waals surface area contributed by atoms with Crippen LogP contribution in [0.3, 0.4) is 0 Å². The van der Waals surface area contributed by atoms with Gasteiger partial charge in [0.25, 0.3) is 0 Å². The van der Waals surface area contributed by atoms with Crippen LogP contribution in [-0.4, -0.2) is 33.9 Å². The van der Waals surface area contributed by atoms with Crippen molar-refractivity contribution in [1.29, 1.82) is 0 Å². The van der Waals surface area contributed by atoms with Crippen molar-refractivity contribution < 1.29 is 15.0 Å².